The van der Waals surface area contributed by atoms with Crippen molar-refractivity contribution in [3.63, 3.8) is 0 Å². The van der Waals surface area contributed by atoms with Gasteiger partial charge >= 0.3 is 0 Å². The predicted octanol–water partition coefficient (Wildman–Crippen LogP) is -0.124. The van der Waals surface area contributed by atoms with Crippen LogP contribution in [0.2, 0.25) is 0 Å². The highest BCUT2D eigenvalue weighted by molar-refractivity contribution is 7.89. The summed E-state index contributed by atoms with van der Waals surface area (Å²) in [6.45, 7) is 0.229. The van der Waals surface area contributed by atoms with Crippen LogP contribution < -0.4 is 16.0 Å². The van der Waals surface area contributed by atoms with Gasteiger partial charge in [-0.05, 0) is 12.1 Å². The zero-order valence-electron chi connectivity index (χ0n) is 9.91. The number of hydrogen-bond acceptors (Lipinski definition) is 7. The summed E-state index contributed by atoms with van der Waals surface area (Å²) < 4.78 is 31.3. The van der Waals surface area contributed by atoms with Crippen LogP contribution in [0.15, 0.2) is 40.1 Å². The topological polar surface area (TPSA) is 123 Å². The molecule has 19 heavy (non-hydrogen) atoms. The van der Waals surface area contributed by atoms with E-state index in [0.29, 0.717) is 12.2 Å². The van der Waals surface area contributed by atoms with Crippen LogP contribution in [0.3, 0.4) is 0 Å². The number of furan rings is 1. The molecular formula is C10H13N5O3S. The third-order valence-electron chi connectivity index (χ3n) is 2.31. The van der Waals surface area contributed by atoms with Gasteiger partial charge in [0.25, 0.3) is 0 Å². The van der Waals surface area contributed by atoms with Crippen molar-refractivity contribution in [1.29, 1.82) is 0 Å². The molecule has 0 saturated carbocycles. The molecule has 102 valence electrons. The van der Waals surface area contributed by atoms with Gasteiger partial charge in [-0.2, -0.15) is 0 Å². The summed E-state index contributed by atoms with van der Waals surface area (Å²) in [6.07, 6.45) is 4.36. The average molecular weight is 283 g/mol. The van der Waals surface area contributed by atoms with E-state index in [1.54, 1.807) is 12.1 Å². The monoisotopic (exact) mass is 283 g/mol. The second-order valence-electron chi connectivity index (χ2n) is 3.61. The van der Waals surface area contributed by atoms with Gasteiger partial charge in [0.1, 0.15) is 10.7 Å². The maximum atomic E-state index is 11.9. The van der Waals surface area contributed by atoms with Crippen LogP contribution in [-0.4, -0.2) is 24.9 Å². The van der Waals surface area contributed by atoms with Crippen LogP contribution >= 0.6 is 0 Å². The van der Waals surface area contributed by atoms with Crippen LogP contribution in [0.4, 0.5) is 5.95 Å². The molecule has 0 atom stereocenters. The molecule has 0 aliphatic rings. The summed E-state index contributed by atoms with van der Waals surface area (Å²) in [5.74, 6) is 5.95. The molecule has 8 nitrogen and oxygen atoms in total. The SMILES string of the molecule is NNc1ncc(S(=O)(=O)NCCc2ccco2)cn1. The number of anilines is 1. The van der Waals surface area contributed by atoms with Gasteiger partial charge in [-0.15, -0.1) is 0 Å². The van der Waals surface area contributed by atoms with Crippen LogP contribution in [-0.2, 0) is 16.4 Å². The molecule has 2 rings (SSSR count). The Morgan fingerprint density at radius 3 is 2.63 bits per heavy atom. The minimum absolute atomic E-state index is 0.0223. The summed E-state index contributed by atoms with van der Waals surface area (Å²) >= 11 is 0. The molecule has 0 aliphatic carbocycles. The predicted molar refractivity (Wildman–Crippen MR) is 67.4 cm³/mol. The molecule has 2 heterocycles. The number of sulfonamides is 1. The Balaban J connectivity index is 1.97. The van der Waals surface area contributed by atoms with Crippen molar-refractivity contribution in [2.45, 2.75) is 11.3 Å². The van der Waals surface area contributed by atoms with Crippen molar-refractivity contribution < 1.29 is 12.8 Å². The summed E-state index contributed by atoms with van der Waals surface area (Å²) in [6, 6.07) is 3.52. The van der Waals surface area contributed by atoms with E-state index in [9.17, 15) is 8.42 Å². The van der Waals surface area contributed by atoms with Gasteiger partial charge in [-0.25, -0.2) is 29.0 Å². The minimum atomic E-state index is -3.62. The molecule has 2 aromatic heterocycles. The van der Waals surface area contributed by atoms with Gasteiger partial charge in [0.05, 0.1) is 18.7 Å². The zero-order valence-corrected chi connectivity index (χ0v) is 10.7. The van der Waals surface area contributed by atoms with E-state index in [-0.39, 0.29) is 17.4 Å². The number of nitrogens with zero attached hydrogens (tertiary/aromatic N) is 2. The summed E-state index contributed by atoms with van der Waals surface area (Å²) in [5, 5.41) is 0. The van der Waals surface area contributed by atoms with E-state index >= 15 is 0 Å². The van der Waals surface area contributed by atoms with Crippen molar-refractivity contribution in [1.82, 2.24) is 14.7 Å². The lowest BCUT2D eigenvalue weighted by molar-refractivity contribution is 0.506. The van der Waals surface area contributed by atoms with Gasteiger partial charge in [0, 0.05) is 13.0 Å². The highest BCUT2D eigenvalue weighted by Gasteiger charge is 2.14. The van der Waals surface area contributed by atoms with Gasteiger partial charge in [0.2, 0.25) is 16.0 Å². The Bertz CT molecular complexity index is 609. The number of nitrogens with two attached hydrogens (primary N) is 1. The molecule has 0 bridgehead atoms. The Kier molecular flexibility index (Phi) is 4.10. The lowest BCUT2D eigenvalue weighted by Crippen LogP contribution is -2.26. The van der Waals surface area contributed by atoms with Crippen molar-refractivity contribution in [3.05, 3.63) is 36.5 Å². The lowest BCUT2D eigenvalue weighted by Gasteiger charge is -2.05. The molecule has 0 saturated heterocycles. The van der Waals surface area contributed by atoms with Crippen molar-refractivity contribution in [3.8, 4) is 0 Å². The van der Waals surface area contributed by atoms with Crippen LogP contribution in [0.5, 0.6) is 0 Å². The van der Waals surface area contributed by atoms with E-state index in [1.165, 1.54) is 18.7 Å². The first-order valence-electron chi connectivity index (χ1n) is 5.42. The smallest absolute Gasteiger partial charge is 0.243 e. The largest absolute Gasteiger partial charge is 0.469 e. The molecule has 0 spiro atoms. The van der Waals surface area contributed by atoms with E-state index in [1.807, 2.05) is 0 Å². The number of hydrogen-bond donors (Lipinski definition) is 3. The second-order valence-corrected chi connectivity index (χ2v) is 5.38. The zero-order chi connectivity index (χ0) is 13.7. The Morgan fingerprint density at radius 1 is 1.32 bits per heavy atom. The van der Waals surface area contributed by atoms with Crippen LogP contribution in [0.1, 0.15) is 5.76 Å². The first-order chi connectivity index (χ1) is 9.12. The molecular weight excluding hydrogens is 270 g/mol. The van der Waals surface area contributed by atoms with Crippen LogP contribution in [0, 0.1) is 0 Å². The molecule has 0 unspecified atom stereocenters. The van der Waals surface area contributed by atoms with E-state index in [4.69, 9.17) is 10.3 Å². The normalized spacial score (nSPS) is 11.4. The minimum Gasteiger partial charge on any atom is -0.469 e. The quantitative estimate of drug-likeness (QED) is 0.498. The highest BCUT2D eigenvalue weighted by Crippen LogP contribution is 2.07. The maximum Gasteiger partial charge on any atom is 0.243 e. The second kappa shape index (κ2) is 5.78. The first kappa shape index (κ1) is 13.5. The van der Waals surface area contributed by atoms with Crippen molar-refractivity contribution in [2.24, 2.45) is 5.84 Å². The van der Waals surface area contributed by atoms with Crippen molar-refractivity contribution in [2.75, 3.05) is 12.0 Å². The molecule has 0 amide bonds. The van der Waals surface area contributed by atoms with Gasteiger partial charge < -0.3 is 4.42 Å². The summed E-state index contributed by atoms with van der Waals surface area (Å²) in [7, 11) is -3.62. The Morgan fingerprint density at radius 2 is 2.05 bits per heavy atom. The lowest BCUT2D eigenvalue weighted by atomic mass is 10.3. The van der Waals surface area contributed by atoms with Crippen molar-refractivity contribution >= 4 is 16.0 Å². The fourth-order valence-electron chi connectivity index (χ4n) is 1.38. The number of nitrogens with one attached hydrogen (secondary N) is 2. The van der Waals surface area contributed by atoms with Gasteiger partial charge in [-0.3, -0.25) is 5.43 Å². The Hall–Kier alpha value is -1.97. The molecule has 9 heteroatoms. The molecule has 0 radical (unpaired) electrons. The van der Waals surface area contributed by atoms with E-state index in [0.717, 1.165) is 0 Å². The van der Waals surface area contributed by atoms with Gasteiger partial charge in [0.15, 0.2) is 0 Å². The summed E-state index contributed by atoms with van der Waals surface area (Å²) in [5.41, 5.74) is 2.22. The molecule has 4 N–H and O–H groups in total. The summed E-state index contributed by atoms with van der Waals surface area (Å²) in [4.78, 5) is 7.45. The van der Waals surface area contributed by atoms with E-state index < -0.39 is 10.0 Å². The third-order valence-corrected chi connectivity index (χ3v) is 3.73. The molecule has 0 fully saturated rings. The fraction of sp³-hybridized carbons (Fsp3) is 0.200. The number of hydrazine groups is 1. The van der Waals surface area contributed by atoms with E-state index in [2.05, 4.69) is 20.1 Å². The maximum absolute atomic E-state index is 11.9. The molecule has 0 aliphatic heterocycles. The molecule has 2 aromatic rings. The Labute approximate surface area is 110 Å². The standard InChI is InChI=1S/C10H13N5O3S/c11-15-10-12-6-9(7-13-10)19(16,17)14-4-3-8-2-1-5-18-8/h1-2,5-7,14H,3-4,11H2,(H,12,13,15). The number of aromatic nitrogens is 2. The number of nitrogen functional groups attached to an aromatic ring is 1. The number of rotatable bonds is 6. The third kappa shape index (κ3) is 3.50. The van der Waals surface area contributed by atoms with Crippen LogP contribution in [0.25, 0.3) is 0 Å². The first-order valence-corrected chi connectivity index (χ1v) is 6.91. The highest BCUT2D eigenvalue weighted by atomic mass is 32.2. The fourth-order valence-corrected chi connectivity index (χ4v) is 2.30. The molecule has 0 aromatic carbocycles. The average Bonchev–Trinajstić information content (AvgIpc) is 2.92. The van der Waals surface area contributed by atoms with Gasteiger partial charge in [-0.1, -0.05) is 0 Å².